The zero-order chi connectivity index (χ0) is 13.8. The number of nitrogens with one attached hydrogen (secondary N) is 1. The number of halogens is 2. The van der Waals surface area contributed by atoms with Gasteiger partial charge in [0, 0.05) is 14.9 Å². The minimum absolute atomic E-state index is 0.0600. The van der Waals surface area contributed by atoms with Crippen molar-refractivity contribution < 1.29 is 4.79 Å². The number of amides is 1. The van der Waals surface area contributed by atoms with Gasteiger partial charge in [0.2, 0.25) is 0 Å². The van der Waals surface area contributed by atoms with Gasteiger partial charge in [-0.15, -0.1) is 0 Å². The Morgan fingerprint density at radius 3 is 3.00 bits per heavy atom. The molecule has 2 unspecified atom stereocenters. The van der Waals surface area contributed by atoms with Crippen molar-refractivity contribution in [2.45, 2.75) is 37.4 Å². The van der Waals surface area contributed by atoms with Crippen molar-refractivity contribution in [1.82, 2.24) is 5.32 Å². The molecule has 1 aliphatic carbocycles. The Kier molecular flexibility index (Phi) is 5.69. The fourth-order valence-electron chi connectivity index (χ4n) is 2.57. The van der Waals surface area contributed by atoms with E-state index in [1.165, 1.54) is 25.7 Å². The molecular weight excluding hydrogens is 417 g/mol. The van der Waals surface area contributed by atoms with Crippen LogP contribution in [-0.4, -0.2) is 17.3 Å². The van der Waals surface area contributed by atoms with Crippen molar-refractivity contribution in [1.29, 1.82) is 0 Å². The van der Waals surface area contributed by atoms with Crippen LogP contribution in [0, 0.1) is 16.4 Å². The molecule has 0 aliphatic heterocycles. The molecule has 1 saturated carbocycles. The lowest BCUT2D eigenvalue weighted by Crippen LogP contribution is -2.32. The van der Waals surface area contributed by atoms with E-state index in [-0.39, 0.29) is 5.91 Å². The molecule has 2 nitrogen and oxygen atoms in total. The van der Waals surface area contributed by atoms with Gasteiger partial charge in [0.05, 0.1) is 5.56 Å². The Labute approximate surface area is 137 Å². The largest absolute Gasteiger partial charge is 0.352 e. The van der Waals surface area contributed by atoms with Gasteiger partial charge in [0.25, 0.3) is 5.91 Å². The first-order valence-electron chi connectivity index (χ1n) is 6.75. The van der Waals surface area contributed by atoms with Crippen molar-refractivity contribution in [2.24, 2.45) is 5.92 Å². The average Bonchev–Trinajstić information content (AvgIpc) is 2.39. The molecule has 4 heteroatoms. The number of aryl methyl sites for hydroxylation is 1. The quantitative estimate of drug-likeness (QED) is 0.557. The molecule has 1 N–H and O–H groups in total. The molecule has 1 aromatic carbocycles. The Bertz CT molecular complexity index is 463. The van der Waals surface area contributed by atoms with Crippen LogP contribution in [0.15, 0.2) is 18.2 Å². The Hall–Kier alpha value is -0.100. The summed E-state index contributed by atoms with van der Waals surface area (Å²) in [5, 5.41) is 3.09. The molecular formula is C15H19BrINO. The third-order valence-electron chi connectivity index (χ3n) is 3.71. The highest BCUT2D eigenvalue weighted by Gasteiger charge is 2.21. The lowest BCUT2D eigenvalue weighted by Gasteiger charge is -2.25. The summed E-state index contributed by atoms with van der Waals surface area (Å²) in [6, 6.07) is 5.88. The molecule has 2 rings (SSSR count). The maximum atomic E-state index is 12.2. The van der Waals surface area contributed by atoms with Gasteiger partial charge in [-0.3, -0.25) is 4.79 Å². The smallest absolute Gasteiger partial charge is 0.252 e. The molecule has 104 valence electrons. The van der Waals surface area contributed by atoms with Crippen LogP contribution in [0.25, 0.3) is 0 Å². The maximum Gasteiger partial charge on any atom is 0.252 e. The summed E-state index contributed by atoms with van der Waals surface area (Å²) in [5.41, 5.74) is 1.96. The van der Waals surface area contributed by atoms with Gasteiger partial charge in [0.15, 0.2) is 0 Å². The van der Waals surface area contributed by atoms with Crippen molar-refractivity contribution >= 4 is 44.4 Å². The van der Waals surface area contributed by atoms with Crippen LogP contribution in [0.1, 0.15) is 41.6 Å². The minimum Gasteiger partial charge on any atom is -0.352 e. The van der Waals surface area contributed by atoms with Gasteiger partial charge < -0.3 is 5.32 Å². The van der Waals surface area contributed by atoms with Crippen molar-refractivity contribution in [3.05, 3.63) is 32.9 Å². The molecule has 0 radical (unpaired) electrons. The molecule has 2 atom stereocenters. The summed E-state index contributed by atoms with van der Waals surface area (Å²) in [5.74, 6) is 0.675. The fraction of sp³-hybridized carbons (Fsp3) is 0.533. The number of alkyl halides is 1. The van der Waals surface area contributed by atoms with E-state index in [9.17, 15) is 4.79 Å². The van der Waals surface area contributed by atoms with E-state index in [4.69, 9.17) is 0 Å². The van der Waals surface area contributed by atoms with Gasteiger partial charge >= 0.3 is 0 Å². The summed E-state index contributed by atoms with van der Waals surface area (Å²) in [7, 11) is 0. The van der Waals surface area contributed by atoms with E-state index >= 15 is 0 Å². The van der Waals surface area contributed by atoms with Gasteiger partial charge in [-0.05, 0) is 66.3 Å². The van der Waals surface area contributed by atoms with Gasteiger partial charge in [-0.2, -0.15) is 0 Å². The first-order chi connectivity index (χ1) is 9.08. The first kappa shape index (κ1) is 15.3. The number of carbonyl (C=O) groups is 1. The van der Waals surface area contributed by atoms with Gasteiger partial charge in [-0.25, -0.2) is 0 Å². The predicted molar refractivity (Wildman–Crippen MR) is 90.9 cm³/mol. The average molecular weight is 436 g/mol. The standard InChI is InChI=1S/C15H19BrINO/c1-10-4-2-7-13(14(10)17)15(19)18-9-11-5-3-6-12(16)8-11/h2,4,7,11-12H,3,5-6,8-9H2,1H3,(H,18,19). The molecule has 19 heavy (non-hydrogen) atoms. The lowest BCUT2D eigenvalue weighted by atomic mass is 9.89. The fourth-order valence-corrected chi connectivity index (χ4v) is 4.02. The predicted octanol–water partition coefficient (Wildman–Crippen LogP) is 4.28. The highest BCUT2D eigenvalue weighted by Crippen LogP contribution is 2.28. The van der Waals surface area contributed by atoms with Crippen molar-refractivity contribution in [2.75, 3.05) is 6.54 Å². The van der Waals surface area contributed by atoms with Crippen LogP contribution in [0.4, 0.5) is 0 Å². The van der Waals surface area contributed by atoms with Crippen LogP contribution in [0.3, 0.4) is 0 Å². The van der Waals surface area contributed by atoms with Crippen LogP contribution in [0.2, 0.25) is 0 Å². The molecule has 1 aliphatic rings. The monoisotopic (exact) mass is 435 g/mol. The molecule has 1 aromatic rings. The minimum atomic E-state index is 0.0600. The van der Waals surface area contributed by atoms with E-state index in [2.05, 4.69) is 43.8 Å². The summed E-state index contributed by atoms with van der Waals surface area (Å²) in [6.07, 6.45) is 4.93. The normalized spacial score (nSPS) is 23.1. The zero-order valence-electron chi connectivity index (χ0n) is 11.1. The van der Waals surface area contributed by atoms with Crippen LogP contribution < -0.4 is 5.32 Å². The first-order valence-corrected chi connectivity index (χ1v) is 8.74. The van der Waals surface area contributed by atoms with Crippen LogP contribution >= 0.6 is 38.5 Å². The summed E-state index contributed by atoms with van der Waals surface area (Å²) >= 11 is 5.94. The van der Waals surface area contributed by atoms with Crippen molar-refractivity contribution in [3.8, 4) is 0 Å². The number of carbonyl (C=O) groups excluding carboxylic acids is 1. The number of hydrogen-bond donors (Lipinski definition) is 1. The number of rotatable bonds is 3. The third kappa shape index (κ3) is 4.18. The van der Waals surface area contributed by atoms with Crippen LogP contribution in [0.5, 0.6) is 0 Å². The van der Waals surface area contributed by atoms with Crippen LogP contribution in [-0.2, 0) is 0 Å². The molecule has 1 amide bonds. The number of hydrogen-bond acceptors (Lipinski definition) is 1. The SMILES string of the molecule is Cc1cccc(C(=O)NCC2CCCC(Br)C2)c1I. The van der Waals surface area contributed by atoms with Gasteiger partial charge in [0.1, 0.15) is 0 Å². The summed E-state index contributed by atoms with van der Waals surface area (Å²) in [4.78, 5) is 12.8. The molecule has 0 saturated heterocycles. The second-order valence-electron chi connectivity index (χ2n) is 5.28. The number of benzene rings is 1. The summed E-state index contributed by atoms with van der Waals surface area (Å²) < 4.78 is 1.06. The van der Waals surface area contributed by atoms with E-state index < -0.39 is 0 Å². The Morgan fingerprint density at radius 2 is 2.26 bits per heavy atom. The summed E-state index contributed by atoms with van der Waals surface area (Å²) in [6.45, 7) is 2.83. The van der Waals surface area contributed by atoms with E-state index in [0.717, 1.165) is 21.2 Å². The molecule has 0 spiro atoms. The van der Waals surface area contributed by atoms with E-state index in [1.807, 2.05) is 25.1 Å². The third-order valence-corrected chi connectivity index (χ3v) is 5.97. The topological polar surface area (TPSA) is 29.1 Å². The highest BCUT2D eigenvalue weighted by atomic mass is 127. The Morgan fingerprint density at radius 1 is 1.47 bits per heavy atom. The molecule has 0 heterocycles. The van der Waals surface area contributed by atoms with E-state index in [0.29, 0.717) is 10.7 Å². The zero-order valence-corrected chi connectivity index (χ0v) is 14.8. The second-order valence-corrected chi connectivity index (χ2v) is 7.65. The molecule has 0 aromatic heterocycles. The Balaban J connectivity index is 1.92. The highest BCUT2D eigenvalue weighted by molar-refractivity contribution is 14.1. The molecule has 1 fully saturated rings. The van der Waals surface area contributed by atoms with Gasteiger partial charge in [-0.1, -0.05) is 34.5 Å². The molecule has 0 bridgehead atoms. The lowest BCUT2D eigenvalue weighted by molar-refractivity contribution is 0.0943. The van der Waals surface area contributed by atoms with E-state index in [1.54, 1.807) is 0 Å². The van der Waals surface area contributed by atoms with Crippen molar-refractivity contribution in [3.63, 3.8) is 0 Å². The second kappa shape index (κ2) is 7.07. The maximum absolute atomic E-state index is 12.2.